The number of anilines is 3. The highest BCUT2D eigenvalue weighted by atomic mass is 32.1. The van der Waals surface area contributed by atoms with E-state index in [2.05, 4.69) is 38.4 Å². The summed E-state index contributed by atoms with van der Waals surface area (Å²) >= 11 is 4.51. The van der Waals surface area contributed by atoms with E-state index in [1.165, 1.54) is 37.4 Å². The molecule has 5 N–H and O–H groups in total. The molecule has 0 aliphatic carbocycles. The fourth-order valence-corrected chi connectivity index (χ4v) is 4.51. The number of ether oxygens (including phenoxy) is 1. The van der Waals surface area contributed by atoms with Gasteiger partial charge in [0.1, 0.15) is 29.1 Å². The minimum atomic E-state index is -1.21. The van der Waals surface area contributed by atoms with Crippen LogP contribution >= 0.6 is 12.6 Å². The fourth-order valence-electron chi connectivity index (χ4n) is 4.22. The molecule has 0 saturated heterocycles. The summed E-state index contributed by atoms with van der Waals surface area (Å²) in [7, 11) is 1.43. The van der Waals surface area contributed by atoms with Crippen molar-refractivity contribution in [1.82, 2.24) is 0 Å². The number of nitrogen functional groups attached to an aromatic ring is 1. The normalized spacial score (nSPS) is 11.3. The summed E-state index contributed by atoms with van der Waals surface area (Å²) in [6.45, 7) is 0. The van der Waals surface area contributed by atoms with E-state index in [1.807, 2.05) is 48.5 Å². The first-order valence-electron chi connectivity index (χ1n) is 12.7. The van der Waals surface area contributed by atoms with Gasteiger partial charge in [-0.25, -0.2) is 4.79 Å². The molecule has 12 heteroatoms. The van der Waals surface area contributed by atoms with Crippen LogP contribution in [-0.4, -0.2) is 29.6 Å². The number of phenols is 1. The quantitative estimate of drug-likeness (QED) is 0.0494. The zero-order chi connectivity index (χ0) is 30.5. The number of thiol groups is 1. The van der Waals surface area contributed by atoms with Gasteiger partial charge in [0.25, 0.3) is 0 Å². The summed E-state index contributed by atoms with van der Waals surface area (Å²) < 4.78 is 5.45. The Morgan fingerprint density at radius 1 is 0.907 bits per heavy atom. The molecule has 214 valence electrons. The maximum atomic E-state index is 11.4. The Balaban J connectivity index is 1.45. The van der Waals surface area contributed by atoms with E-state index in [4.69, 9.17) is 10.5 Å². The molecule has 43 heavy (non-hydrogen) atoms. The number of hydrogen-bond donors (Lipinski definition) is 5. The Hall–Kier alpha value is -5.75. The molecule has 0 fully saturated rings. The maximum absolute atomic E-state index is 11.4. The summed E-state index contributed by atoms with van der Waals surface area (Å²) in [5.41, 5.74) is 8.85. The van der Waals surface area contributed by atoms with Gasteiger partial charge in [0.05, 0.1) is 24.0 Å². The maximum Gasteiger partial charge on any atom is 0.335 e. The molecule has 0 aliphatic heterocycles. The van der Waals surface area contributed by atoms with Gasteiger partial charge in [0.2, 0.25) is 0 Å². The number of nitrogens with zero attached hydrogens (tertiary/aromatic N) is 4. The Kier molecular flexibility index (Phi) is 8.30. The zero-order valence-corrected chi connectivity index (χ0v) is 23.5. The first kappa shape index (κ1) is 28.8. The van der Waals surface area contributed by atoms with Crippen LogP contribution in [-0.2, 0) is 0 Å². The van der Waals surface area contributed by atoms with Crippen molar-refractivity contribution in [3.63, 3.8) is 0 Å². The molecule has 5 aromatic rings. The summed E-state index contributed by atoms with van der Waals surface area (Å²) in [5.74, 6) is -1.05. The van der Waals surface area contributed by atoms with Crippen LogP contribution in [0.1, 0.15) is 20.7 Å². The van der Waals surface area contributed by atoms with Crippen LogP contribution in [0.3, 0.4) is 0 Å². The predicted molar refractivity (Wildman–Crippen MR) is 167 cm³/mol. The molecule has 0 amide bonds. The average molecular weight is 593 g/mol. The van der Waals surface area contributed by atoms with Crippen LogP contribution in [0.25, 0.3) is 10.8 Å². The lowest BCUT2D eigenvalue weighted by atomic mass is 10.1. The van der Waals surface area contributed by atoms with E-state index in [1.54, 1.807) is 6.07 Å². The minimum absolute atomic E-state index is 0.0985. The Labute approximate surface area is 250 Å². The van der Waals surface area contributed by atoms with Gasteiger partial charge in [-0.1, -0.05) is 24.3 Å². The number of benzene rings is 5. The second kappa shape index (κ2) is 12.4. The van der Waals surface area contributed by atoms with E-state index in [0.29, 0.717) is 16.6 Å². The lowest BCUT2D eigenvalue weighted by Gasteiger charge is -2.11. The van der Waals surface area contributed by atoms with Crippen LogP contribution in [0.4, 0.5) is 39.8 Å². The number of nitrogens with two attached hydrogens (primary N) is 1. The standard InChI is InChI=1S/C31H24N6O5S/c1-42-27-15-25(35-34-22-10-17(16-38)9-19(11-22)31(40)41)24(32)14-26(27)36-37-29-28(43)12-18-7-8-21(13-23(18)30(29)39)33-20-5-3-2-4-6-20/h2-16,33,39,43H,32H2,1H3,(H,40,41). The van der Waals surface area contributed by atoms with Crippen molar-refractivity contribution in [2.45, 2.75) is 4.90 Å². The second-order valence-corrected chi connectivity index (χ2v) is 9.72. The summed E-state index contributed by atoms with van der Waals surface area (Å²) in [6.07, 6.45) is 0.521. The summed E-state index contributed by atoms with van der Waals surface area (Å²) in [6, 6.07) is 23.9. The van der Waals surface area contributed by atoms with Gasteiger partial charge in [0.15, 0.2) is 5.75 Å². The Morgan fingerprint density at radius 3 is 2.40 bits per heavy atom. The molecule has 0 aliphatic rings. The highest BCUT2D eigenvalue weighted by molar-refractivity contribution is 7.80. The molecule has 0 unspecified atom stereocenters. The molecule has 11 nitrogen and oxygen atoms in total. The third kappa shape index (κ3) is 6.44. The molecule has 5 rings (SSSR count). The van der Waals surface area contributed by atoms with Crippen molar-refractivity contribution < 1.29 is 24.5 Å². The van der Waals surface area contributed by atoms with Gasteiger partial charge in [-0.05, 0) is 60.0 Å². The Morgan fingerprint density at radius 2 is 1.67 bits per heavy atom. The number of aromatic hydroxyl groups is 1. The number of rotatable bonds is 9. The summed E-state index contributed by atoms with van der Waals surface area (Å²) in [5, 5.41) is 41.7. The van der Waals surface area contributed by atoms with Crippen LogP contribution in [0.15, 0.2) is 110 Å². The first-order valence-corrected chi connectivity index (χ1v) is 13.2. The third-order valence-electron chi connectivity index (χ3n) is 6.31. The minimum Gasteiger partial charge on any atom is -0.505 e. The largest absolute Gasteiger partial charge is 0.505 e. The fraction of sp³-hybridized carbons (Fsp3) is 0.0323. The van der Waals surface area contributed by atoms with E-state index >= 15 is 0 Å². The van der Waals surface area contributed by atoms with Crippen molar-refractivity contribution in [3.05, 3.63) is 96.1 Å². The number of aromatic carboxylic acids is 1. The number of carbonyl (C=O) groups excluding carboxylic acids is 1. The van der Waals surface area contributed by atoms with Crippen LogP contribution < -0.4 is 15.8 Å². The number of aldehydes is 1. The van der Waals surface area contributed by atoms with Crippen molar-refractivity contribution in [2.75, 3.05) is 18.2 Å². The number of nitrogens with one attached hydrogen (secondary N) is 1. The number of methoxy groups -OCH3 is 1. The second-order valence-electron chi connectivity index (χ2n) is 9.24. The number of azo groups is 2. The van der Waals surface area contributed by atoms with Crippen LogP contribution in [0.5, 0.6) is 11.5 Å². The highest BCUT2D eigenvalue weighted by Gasteiger charge is 2.14. The predicted octanol–water partition coefficient (Wildman–Crippen LogP) is 8.51. The van der Waals surface area contributed by atoms with Crippen LogP contribution in [0, 0.1) is 0 Å². The lowest BCUT2D eigenvalue weighted by molar-refractivity contribution is 0.0697. The van der Waals surface area contributed by atoms with Crippen molar-refractivity contribution >= 4 is 75.5 Å². The molecular weight excluding hydrogens is 568 g/mol. The number of hydrogen-bond acceptors (Lipinski definition) is 11. The third-order valence-corrected chi connectivity index (χ3v) is 6.65. The molecule has 0 heterocycles. The number of carboxylic acids is 1. The van der Waals surface area contributed by atoms with Gasteiger partial charge >= 0.3 is 5.97 Å². The number of fused-ring (bicyclic) bond motifs is 1. The van der Waals surface area contributed by atoms with Gasteiger partial charge < -0.3 is 26.0 Å². The summed E-state index contributed by atoms with van der Waals surface area (Å²) in [4.78, 5) is 23.0. The van der Waals surface area contributed by atoms with E-state index in [-0.39, 0.29) is 51.1 Å². The van der Waals surface area contributed by atoms with Crippen molar-refractivity contribution in [3.8, 4) is 11.5 Å². The molecular formula is C31H24N6O5S. The number of carbonyl (C=O) groups is 2. The zero-order valence-electron chi connectivity index (χ0n) is 22.6. The topological polar surface area (TPSA) is 171 Å². The van der Waals surface area contributed by atoms with Crippen molar-refractivity contribution in [1.29, 1.82) is 0 Å². The molecule has 0 bridgehead atoms. The molecule has 0 saturated carbocycles. The molecule has 0 atom stereocenters. The lowest BCUT2D eigenvalue weighted by Crippen LogP contribution is -1.97. The average Bonchev–Trinajstić information content (AvgIpc) is 3.01. The van der Waals surface area contributed by atoms with Gasteiger partial charge in [-0.3, -0.25) is 4.79 Å². The number of para-hydroxylation sites is 1. The van der Waals surface area contributed by atoms with Gasteiger partial charge in [-0.2, -0.15) is 5.11 Å². The monoisotopic (exact) mass is 592 g/mol. The van der Waals surface area contributed by atoms with Gasteiger partial charge in [0, 0.05) is 33.3 Å². The van der Waals surface area contributed by atoms with E-state index < -0.39 is 5.97 Å². The smallest absolute Gasteiger partial charge is 0.335 e. The van der Waals surface area contributed by atoms with E-state index in [9.17, 15) is 19.8 Å². The van der Waals surface area contributed by atoms with E-state index in [0.717, 1.165) is 16.8 Å². The molecule has 0 radical (unpaired) electrons. The highest BCUT2D eigenvalue weighted by Crippen LogP contribution is 2.44. The number of carboxylic acid groups (broad SMARTS) is 1. The van der Waals surface area contributed by atoms with Gasteiger partial charge in [-0.15, -0.1) is 28.0 Å². The molecule has 5 aromatic carbocycles. The first-order chi connectivity index (χ1) is 20.7. The number of phenolic OH excluding ortho intramolecular Hbond substituents is 1. The Bertz CT molecular complexity index is 1930. The van der Waals surface area contributed by atoms with Crippen molar-refractivity contribution in [2.24, 2.45) is 20.5 Å². The SMILES string of the molecule is COc1cc(N=Nc2cc(C=O)cc(C(=O)O)c2)c(N)cc1N=Nc1c(S)cc2ccc(Nc3ccccc3)cc2c1O. The molecule has 0 spiro atoms. The molecule has 0 aromatic heterocycles. The van der Waals surface area contributed by atoms with Crippen LogP contribution in [0.2, 0.25) is 0 Å².